The molecule has 0 aromatic carbocycles. The third-order valence-corrected chi connectivity index (χ3v) is 1.82. The third-order valence-electron chi connectivity index (χ3n) is 1.82. The fourth-order valence-electron chi connectivity index (χ4n) is 0.966. The van der Waals surface area contributed by atoms with Crippen molar-refractivity contribution in [1.82, 2.24) is 15.3 Å². The number of aryl methyl sites for hydroxylation is 1. The monoisotopic (exact) mass is 180 g/mol. The maximum absolute atomic E-state index is 5.47. The quantitative estimate of drug-likeness (QED) is 0.696. The van der Waals surface area contributed by atoms with E-state index in [-0.39, 0.29) is 0 Å². The van der Waals surface area contributed by atoms with Crippen LogP contribution >= 0.6 is 0 Å². The first-order chi connectivity index (χ1) is 6.22. The molecular weight excluding hydrogens is 164 g/mol. The number of aromatic nitrogens is 2. The van der Waals surface area contributed by atoms with Crippen molar-refractivity contribution in [3.8, 4) is 0 Å². The second-order valence-electron chi connectivity index (χ2n) is 3.11. The van der Waals surface area contributed by atoms with Crippen LogP contribution < -0.4 is 11.1 Å². The summed E-state index contributed by atoms with van der Waals surface area (Å²) in [5.41, 5.74) is 6.48. The molecule has 0 aliphatic carbocycles. The van der Waals surface area contributed by atoms with Crippen LogP contribution in [0.15, 0.2) is 12.3 Å². The van der Waals surface area contributed by atoms with Gasteiger partial charge in [0.05, 0.1) is 5.69 Å². The van der Waals surface area contributed by atoms with Gasteiger partial charge in [0.1, 0.15) is 5.82 Å². The summed E-state index contributed by atoms with van der Waals surface area (Å²) in [5, 5.41) is 3.26. The van der Waals surface area contributed by atoms with Gasteiger partial charge in [-0.1, -0.05) is 0 Å². The molecule has 1 aromatic rings. The molecule has 3 N–H and O–H groups in total. The Balaban J connectivity index is 2.45. The summed E-state index contributed by atoms with van der Waals surface area (Å²) >= 11 is 0. The van der Waals surface area contributed by atoms with Crippen molar-refractivity contribution in [2.75, 3.05) is 6.54 Å². The Morgan fingerprint density at radius 3 is 3.00 bits per heavy atom. The fraction of sp³-hybridized carbons (Fsp3) is 0.556. The molecule has 0 aliphatic heterocycles. The van der Waals surface area contributed by atoms with Gasteiger partial charge in [0.15, 0.2) is 0 Å². The smallest absolute Gasteiger partial charge is 0.125 e. The van der Waals surface area contributed by atoms with Crippen LogP contribution in [-0.2, 0) is 6.54 Å². The molecule has 0 spiro atoms. The molecule has 1 atom stereocenters. The van der Waals surface area contributed by atoms with Gasteiger partial charge in [-0.25, -0.2) is 9.97 Å². The van der Waals surface area contributed by atoms with Crippen molar-refractivity contribution in [2.45, 2.75) is 26.4 Å². The minimum atomic E-state index is 0.329. The van der Waals surface area contributed by atoms with Gasteiger partial charge in [-0.2, -0.15) is 0 Å². The van der Waals surface area contributed by atoms with E-state index in [1.165, 1.54) is 0 Å². The van der Waals surface area contributed by atoms with Gasteiger partial charge in [-0.3, -0.25) is 0 Å². The lowest BCUT2D eigenvalue weighted by Gasteiger charge is -2.10. The number of nitrogens with one attached hydrogen (secondary N) is 1. The van der Waals surface area contributed by atoms with Crippen molar-refractivity contribution in [2.24, 2.45) is 5.73 Å². The molecule has 0 saturated carbocycles. The highest BCUT2D eigenvalue weighted by Gasteiger charge is 1.99. The Morgan fingerprint density at radius 2 is 2.38 bits per heavy atom. The molecule has 1 heterocycles. The molecule has 4 heteroatoms. The van der Waals surface area contributed by atoms with Crippen molar-refractivity contribution < 1.29 is 0 Å². The molecule has 0 amide bonds. The van der Waals surface area contributed by atoms with E-state index in [0.717, 1.165) is 18.1 Å². The van der Waals surface area contributed by atoms with E-state index in [0.29, 0.717) is 12.6 Å². The number of nitrogens with two attached hydrogens (primary N) is 1. The molecule has 4 nitrogen and oxygen atoms in total. The predicted octanol–water partition coefficient (Wildman–Crippen LogP) is 0.222. The van der Waals surface area contributed by atoms with Gasteiger partial charge < -0.3 is 11.1 Å². The first-order valence-corrected chi connectivity index (χ1v) is 4.44. The maximum atomic E-state index is 5.47. The van der Waals surface area contributed by atoms with Crippen LogP contribution in [0.2, 0.25) is 0 Å². The van der Waals surface area contributed by atoms with Crippen molar-refractivity contribution >= 4 is 0 Å². The zero-order valence-electron chi connectivity index (χ0n) is 8.12. The SMILES string of the molecule is Cc1nccc(CNC(C)CN)n1. The van der Waals surface area contributed by atoms with Crippen LogP contribution in [-0.4, -0.2) is 22.6 Å². The van der Waals surface area contributed by atoms with Gasteiger partial charge in [-0.05, 0) is 19.9 Å². The van der Waals surface area contributed by atoms with Gasteiger partial charge in [-0.15, -0.1) is 0 Å². The lowest BCUT2D eigenvalue weighted by Crippen LogP contribution is -2.32. The van der Waals surface area contributed by atoms with Gasteiger partial charge in [0.2, 0.25) is 0 Å². The molecular formula is C9H16N4. The Bertz CT molecular complexity index is 262. The second kappa shape index (κ2) is 4.89. The summed E-state index contributed by atoms with van der Waals surface area (Å²) in [6, 6.07) is 2.23. The lowest BCUT2D eigenvalue weighted by atomic mass is 10.3. The van der Waals surface area contributed by atoms with Crippen molar-refractivity contribution in [3.05, 3.63) is 23.8 Å². The molecule has 0 fully saturated rings. The number of hydrogen-bond donors (Lipinski definition) is 2. The molecule has 0 radical (unpaired) electrons. The van der Waals surface area contributed by atoms with Crippen LogP contribution in [0.4, 0.5) is 0 Å². The van der Waals surface area contributed by atoms with Crippen molar-refractivity contribution in [3.63, 3.8) is 0 Å². The van der Waals surface area contributed by atoms with E-state index < -0.39 is 0 Å². The normalized spacial score (nSPS) is 12.8. The van der Waals surface area contributed by atoms with E-state index in [2.05, 4.69) is 15.3 Å². The first-order valence-electron chi connectivity index (χ1n) is 4.44. The largest absolute Gasteiger partial charge is 0.329 e. The van der Waals surface area contributed by atoms with E-state index in [1.54, 1.807) is 6.20 Å². The molecule has 1 unspecified atom stereocenters. The third kappa shape index (κ3) is 3.48. The van der Waals surface area contributed by atoms with Crippen LogP contribution in [0, 0.1) is 6.92 Å². The molecule has 0 bridgehead atoms. The average Bonchev–Trinajstić information content (AvgIpc) is 2.14. The summed E-state index contributed by atoms with van der Waals surface area (Å²) in [5.74, 6) is 0.805. The molecule has 72 valence electrons. The Labute approximate surface area is 78.6 Å². The molecule has 0 aliphatic rings. The fourth-order valence-corrected chi connectivity index (χ4v) is 0.966. The predicted molar refractivity (Wildman–Crippen MR) is 52.1 cm³/mol. The van der Waals surface area contributed by atoms with Crippen LogP contribution in [0.25, 0.3) is 0 Å². The highest BCUT2D eigenvalue weighted by molar-refractivity contribution is 5.01. The van der Waals surface area contributed by atoms with Gasteiger partial charge in [0, 0.05) is 25.3 Å². The first kappa shape index (κ1) is 10.1. The number of nitrogens with zero attached hydrogens (tertiary/aromatic N) is 2. The Hall–Kier alpha value is -1.00. The minimum absolute atomic E-state index is 0.329. The molecule has 0 saturated heterocycles. The van der Waals surface area contributed by atoms with Crippen LogP contribution in [0.1, 0.15) is 18.4 Å². The standard InChI is InChI=1S/C9H16N4/c1-7(5-10)12-6-9-3-4-11-8(2)13-9/h3-4,7,12H,5-6,10H2,1-2H3. The van der Waals surface area contributed by atoms with E-state index in [9.17, 15) is 0 Å². The Morgan fingerprint density at radius 1 is 1.62 bits per heavy atom. The molecule has 1 aromatic heterocycles. The summed E-state index contributed by atoms with van der Waals surface area (Å²) in [6.07, 6.45) is 1.77. The highest BCUT2D eigenvalue weighted by Crippen LogP contribution is 1.94. The zero-order valence-corrected chi connectivity index (χ0v) is 8.12. The van der Waals surface area contributed by atoms with Crippen molar-refractivity contribution in [1.29, 1.82) is 0 Å². The summed E-state index contributed by atoms with van der Waals surface area (Å²) in [7, 11) is 0. The van der Waals surface area contributed by atoms with E-state index >= 15 is 0 Å². The molecule has 13 heavy (non-hydrogen) atoms. The average molecular weight is 180 g/mol. The van der Waals surface area contributed by atoms with Gasteiger partial charge >= 0.3 is 0 Å². The van der Waals surface area contributed by atoms with E-state index in [4.69, 9.17) is 5.73 Å². The number of hydrogen-bond acceptors (Lipinski definition) is 4. The summed E-state index contributed by atoms with van der Waals surface area (Å²) in [4.78, 5) is 8.29. The highest BCUT2D eigenvalue weighted by atomic mass is 15.0. The lowest BCUT2D eigenvalue weighted by molar-refractivity contribution is 0.549. The summed E-state index contributed by atoms with van der Waals surface area (Å²) < 4.78 is 0. The summed E-state index contributed by atoms with van der Waals surface area (Å²) in [6.45, 7) is 5.33. The second-order valence-corrected chi connectivity index (χ2v) is 3.11. The number of rotatable bonds is 4. The molecule has 1 rings (SSSR count). The maximum Gasteiger partial charge on any atom is 0.125 e. The van der Waals surface area contributed by atoms with Gasteiger partial charge in [0.25, 0.3) is 0 Å². The topological polar surface area (TPSA) is 63.8 Å². The van der Waals surface area contributed by atoms with Crippen LogP contribution in [0.3, 0.4) is 0 Å². The van der Waals surface area contributed by atoms with Crippen LogP contribution in [0.5, 0.6) is 0 Å². The zero-order chi connectivity index (χ0) is 9.68. The Kier molecular flexibility index (Phi) is 3.79. The van der Waals surface area contributed by atoms with E-state index in [1.807, 2.05) is 19.9 Å². The minimum Gasteiger partial charge on any atom is -0.329 e.